The van der Waals surface area contributed by atoms with Gasteiger partial charge in [0.05, 0.1) is 6.61 Å². The molecule has 0 aliphatic carbocycles. The Balaban J connectivity index is 0.00000225. The first-order chi connectivity index (χ1) is 7.15. The van der Waals surface area contributed by atoms with Crippen molar-refractivity contribution in [2.24, 2.45) is 5.73 Å². The fourth-order valence-corrected chi connectivity index (χ4v) is 1.12. The van der Waals surface area contributed by atoms with Gasteiger partial charge in [-0.1, -0.05) is 12.1 Å². The number of rotatable bonds is 4. The molecule has 90 valence electrons. The van der Waals surface area contributed by atoms with Gasteiger partial charge in [-0.25, -0.2) is 0 Å². The zero-order valence-corrected chi connectivity index (χ0v) is 9.41. The molecule has 0 aliphatic heterocycles. The van der Waals surface area contributed by atoms with Gasteiger partial charge in [-0.15, -0.1) is 12.4 Å². The molecule has 0 spiro atoms. The molecule has 0 fully saturated rings. The molecule has 5 N–H and O–H groups in total. The lowest BCUT2D eigenvalue weighted by molar-refractivity contribution is -0.122. The lowest BCUT2D eigenvalue weighted by atomic mass is 10.1. The molecule has 0 radical (unpaired) electrons. The fraction of sp³-hybridized carbons (Fsp3) is 0.300. The van der Waals surface area contributed by atoms with Crippen molar-refractivity contribution >= 4 is 18.3 Å². The van der Waals surface area contributed by atoms with Gasteiger partial charge in [-0.05, 0) is 17.7 Å². The largest absolute Gasteiger partial charge is 0.508 e. The van der Waals surface area contributed by atoms with Crippen LogP contribution in [0.5, 0.6) is 5.75 Å². The summed E-state index contributed by atoms with van der Waals surface area (Å²) in [6.07, 6.45) is 0. The molecular formula is C10H15ClN2O3. The number of hydrogen-bond acceptors (Lipinski definition) is 4. The van der Waals surface area contributed by atoms with Gasteiger partial charge in [0.1, 0.15) is 11.8 Å². The van der Waals surface area contributed by atoms with Crippen molar-refractivity contribution in [1.29, 1.82) is 0 Å². The number of phenols is 1. The molecule has 0 heterocycles. The van der Waals surface area contributed by atoms with E-state index >= 15 is 0 Å². The fourth-order valence-electron chi connectivity index (χ4n) is 1.12. The van der Waals surface area contributed by atoms with Crippen molar-refractivity contribution < 1.29 is 15.0 Å². The highest BCUT2D eigenvalue weighted by molar-refractivity contribution is 5.85. The van der Waals surface area contributed by atoms with Crippen LogP contribution in [0.4, 0.5) is 0 Å². The average Bonchev–Trinajstić information content (AvgIpc) is 2.26. The average molecular weight is 247 g/mol. The number of aromatic hydroxyl groups is 1. The van der Waals surface area contributed by atoms with E-state index in [4.69, 9.17) is 15.9 Å². The summed E-state index contributed by atoms with van der Waals surface area (Å²) in [5, 5.41) is 20.0. The lowest BCUT2D eigenvalue weighted by Gasteiger charge is -2.11. The van der Waals surface area contributed by atoms with Gasteiger partial charge >= 0.3 is 0 Å². The lowest BCUT2D eigenvalue weighted by Crippen LogP contribution is -2.35. The number of phenolic OH excluding ortho intramolecular Hbond substituents is 1. The molecule has 0 saturated carbocycles. The van der Waals surface area contributed by atoms with Crippen LogP contribution in [0.15, 0.2) is 24.3 Å². The van der Waals surface area contributed by atoms with Gasteiger partial charge < -0.3 is 21.3 Å². The zero-order chi connectivity index (χ0) is 11.3. The summed E-state index contributed by atoms with van der Waals surface area (Å²) in [6.45, 7) is 0.0681. The van der Waals surface area contributed by atoms with E-state index in [1.54, 1.807) is 12.1 Å². The van der Waals surface area contributed by atoms with E-state index in [0.29, 0.717) is 5.56 Å². The number of carbonyl (C=O) groups is 1. The van der Waals surface area contributed by atoms with Crippen LogP contribution in [0.3, 0.4) is 0 Å². The molecule has 0 unspecified atom stereocenters. The Bertz CT molecular complexity index is 329. The maximum absolute atomic E-state index is 11.4. The molecule has 1 aromatic carbocycles. The predicted molar refractivity (Wildman–Crippen MR) is 62.4 cm³/mol. The van der Waals surface area contributed by atoms with Crippen molar-refractivity contribution in [1.82, 2.24) is 5.32 Å². The Hall–Kier alpha value is -1.30. The molecule has 0 bridgehead atoms. The Morgan fingerprint density at radius 3 is 2.44 bits per heavy atom. The Labute approximate surface area is 99.7 Å². The Morgan fingerprint density at radius 1 is 1.38 bits per heavy atom. The molecule has 1 atom stereocenters. The minimum Gasteiger partial charge on any atom is -0.508 e. The van der Waals surface area contributed by atoms with E-state index in [1.807, 2.05) is 0 Å². The van der Waals surface area contributed by atoms with Crippen LogP contribution in [0.2, 0.25) is 0 Å². The van der Waals surface area contributed by atoms with Crippen LogP contribution in [-0.4, -0.2) is 29.3 Å². The monoisotopic (exact) mass is 246 g/mol. The third-order valence-electron chi connectivity index (χ3n) is 1.95. The molecule has 1 aromatic rings. The van der Waals surface area contributed by atoms with Crippen LogP contribution < -0.4 is 11.1 Å². The third-order valence-corrected chi connectivity index (χ3v) is 1.95. The smallest absolute Gasteiger partial charge is 0.241 e. The highest BCUT2D eigenvalue weighted by atomic mass is 35.5. The van der Waals surface area contributed by atoms with Gasteiger partial charge in [-0.3, -0.25) is 4.79 Å². The van der Waals surface area contributed by atoms with E-state index in [-0.39, 0.29) is 37.2 Å². The number of benzene rings is 1. The minimum atomic E-state index is -0.780. The first kappa shape index (κ1) is 14.7. The quantitative estimate of drug-likeness (QED) is 0.598. The van der Waals surface area contributed by atoms with Crippen molar-refractivity contribution in [2.75, 3.05) is 13.2 Å². The van der Waals surface area contributed by atoms with Crippen molar-refractivity contribution in [3.8, 4) is 5.75 Å². The van der Waals surface area contributed by atoms with Gasteiger partial charge in [0.2, 0.25) is 5.91 Å². The number of amides is 1. The maximum Gasteiger partial charge on any atom is 0.241 e. The molecule has 0 aliphatic rings. The van der Waals surface area contributed by atoms with E-state index in [1.165, 1.54) is 12.1 Å². The molecular weight excluding hydrogens is 232 g/mol. The van der Waals surface area contributed by atoms with Crippen LogP contribution in [0.1, 0.15) is 11.6 Å². The number of hydrogen-bond donors (Lipinski definition) is 4. The van der Waals surface area contributed by atoms with E-state index in [0.717, 1.165) is 0 Å². The van der Waals surface area contributed by atoms with Crippen molar-refractivity contribution in [3.05, 3.63) is 29.8 Å². The summed E-state index contributed by atoms with van der Waals surface area (Å²) < 4.78 is 0. The third kappa shape index (κ3) is 4.06. The zero-order valence-electron chi connectivity index (χ0n) is 8.59. The van der Waals surface area contributed by atoms with Crippen molar-refractivity contribution in [3.63, 3.8) is 0 Å². The number of aliphatic hydroxyl groups is 1. The number of aliphatic hydroxyl groups excluding tert-OH is 1. The normalized spacial score (nSPS) is 11.4. The van der Waals surface area contributed by atoms with Crippen LogP contribution in [0.25, 0.3) is 0 Å². The number of nitrogens with two attached hydrogens (primary N) is 1. The van der Waals surface area contributed by atoms with Crippen LogP contribution in [-0.2, 0) is 4.79 Å². The minimum absolute atomic E-state index is 0. The first-order valence-corrected chi connectivity index (χ1v) is 4.58. The summed E-state index contributed by atoms with van der Waals surface area (Å²) in [7, 11) is 0. The highest BCUT2D eigenvalue weighted by Gasteiger charge is 2.14. The molecule has 0 saturated heterocycles. The highest BCUT2D eigenvalue weighted by Crippen LogP contribution is 2.14. The van der Waals surface area contributed by atoms with E-state index in [2.05, 4.69) is 5.32 Å². The molecule has 5 nitrogen and oxygen atoms in total. The summed E-state index contributed by atoms with van der Waals surface area (Å²) in [4.78, 5) is 11.4. The van der Waals surface area contributed by atoms with Crippen LogP contribution >= 0.6 is 12.4 Å². The van der Waals surface area contributed by atoms with Gasteiger partial charge in [0, 0.05) is 6.54 Å². The second-order valence-electron chi connectivity index (χ2n) is 3.08. The molecule has 6 heteroatoms. The summed E-state index contributed by atoms with van der Waals surface area (Å²) in [6, 6.07) is 5.32. The standard InChI is InChI=1S/C10H14N2O3.ClH/c11-9(10(15)12-5-6-13)7-1-3-8(14)4-2-7;/h1-4,9,13-14H,5-6,11H2,(H,12,15);1H/t9-;/m0./s1. The molecule has 1 amide bonds. The summed E-state index contributed by atoms with van der Waals surface area (Å²) in [5.41, 5.74) is 6.27. The predicted octanol–water partition coefficient (Wildman–Crippen LogP) is -0.0777. The molecule has 0 aromatic heterocycles. The Morgan fingerprint density at radius 2 is 1.94 bits per heavy atom. The number of nitrogens with one attached hydrogen (secondary N) is 1. The SMILES string of the molecule is Cl.N[C@H](C(=O)NCCO)c1ccc(O)cc1. The number of carbonyl (C=O) groups excluding carboxylic acids is 1. The molecule has 1 rings (SSSR count). The van der Waals surface area contributed by atoms with Crippen molar-refractivity contribution in [2.45, 2.75) is 6.04 Å². The first-order valence-electron chi connectivity index (χ1n) is 4.58. The number of halogens is 1. The van der Waals surface area contributed by atoms with E-state index < -0.39 is 6.04 Å². The second-order valence-corrected chi connectivity index (χ2v) is 3.08. The second kappa shape index (κ2) is 7.05. The van der Waals surface area contributed by atoms with Gasteiger partial charge in [0.15, 0.2) is 0 Å². The van der Waals surface area contributed by atoms with Gasteiger partial charge in [-0.2, -0.15) is 0 Å². The van der Waals surface area contributed by atoms with Gasteiger partial charge in [0.25, 0.3) is 0 Å². The topological polar surface area (TPSA) is 95.6 Å². The Kier molecular flexibility index (Phi) is 6.48. The van der Waals surface area contributed by atoms with E-state index in [9.17, 15) is 4.79 Å². The van der Waals surface area contributed by atoms with Crippen LogP contribution in [0, 0.1) is 0 Å². The summed E-state index contributed by atoms with van der Waals surface area (Å²) >= 11 is 0. The summed E-state index contributed by atoms with van der Waals surface area (Å²) in [5.74, 6) is -0.226. The molecule has 16 heavy (non-hydrogen) atoms. The maximum atomic E-state index is 11.4.